The van der Waals surface area contributed by atoms with Gasteiger partial charge >= 0.3 is 0 Å². The quantitative estimate of drug-likeness (QED) is 0.473. The highest BCUT2D eigenvalue weighted by Gasteiger charge is 2.33. The van der Waals surface area contributed by atoms with Crippen LogP contribution in [0.4, 0.5) is 5.69 Å². The number of benzene rings is 2. The van der Waals surface area contributed by atoms with Crippen LogP contribution in [0.5, 0.6) is 5.75 Å². The van der Waals surface area contributed by atoms with Gasteiger partial charge in [-0.3, -0.25) is 9.69 Å². The Hall–Kier alpha value is -2.42. The van der Waals surface area contributed by atoms with Crippen molar-refractivity contribution in [1.29, 1.82) is 0 Å². The molecule has 7 nitrogen and oxygen atoms in total. The first-order valence-electron chi connectivity index (χ1n) is 11.5. The van der Waals surface area contributed by atoms with Crippen molar-refractivity contribution in [3.63, 3.8) is 0 Å². The highest BCUT2D eigenvalue weighted by Crippen LogP contribution is 2.22. The minimum Gasteiger partial charge on any atom is -0.491 e. The number of aliphatic hydroxyl groups is 1. The van der Waals surface area contributed by atoms with E-state index in [4.69, 9.17) is 4.74 Å². The fourth-order valence-corrected chi connectivity index (χ4v) is 5.96. The number of hydrogen-bond donors (Lipinski definition) is 1. The van der Waals surface area contributed by atoms with E-state index >= 15 is 0 Å². The molecule has 2 unspecified atom stereocenters. The summed E-state index contributed by atoms with van der Waals surface area (Å²) in [5.41, 5.74) is 2.80. The highest BCUT2D eigenvalue weighted by molar-refractivity contribution is 7.91. The van der Waals surface area contributed by atoms with Crippen molar-refractivity contribution in [2.24, 2.45) is 0 Å². The standard InChI is InChI=1S/C25H34N2O5S/c1-3-26(4-2)22-9-5-20(6-10-22)15-27(23-13-14-33(30,31)19-23)16-24(29)18-32-25-11-7-21(17-28)8-12-25/h5-12,17,23-24,29H,3-4,13-16,18-19H2,1-2H3. The second-order valence-electron chi connectivity index (χ2n) is 8.48. The van der Waals surface area contributed by atoms with Crippen LogP contribution in [-0.2, 0) is 16.4 Å². The van der Waals surface area contributed by atoms with Gasteiger partial charge in [0.2, 0.25) is 0 Å². The first-order chi connectivity index (χ1) is 15.8. The second-order valence-corrected chi connectivity index (χ2v) is 10.7. The third kappa shape index (κ3) is 7.28. The van der Waals surface area contributed by atoms with E-state index in [-0.39, 0.29) is 24.2 Å². The maximum absolute atomic E-state index is 12.1. The predicted molar refractivity (Wildman–Crippen MR) is 131 cm³/mol. The Kier molecular flexibility index (Phi) is 8.88. The van der Waals surface area contributed by atoms with Crippen molar-refractivity contribution in [3.8, 4) is 5.75 Å². The zero-order valence-electron chi connectivity index (χ0n) is 19.4. The Morgan fingerprint density at radius 3 is 2.30 bits per heavy atom. The number of ether oxygens (including phenoxy) is 1. The maximum Gasteiger partial charge on any atom is 0.151 e. The van der Waals surface area contributed by atoms with Gasteiger partial charge in [-0.25, -0.2) is 8.42 Å². The minimum absolute atomic E-state index is 0.0807. The maximum atomic E-state index is 12.1. The average Bonchev–Trinajstić information content (AvgIpc) is 3.19. The summed E-state index contributed by atoms with van der Waals surface area (Å²) in [6.07, 6.45) is 0.551. The number of hydrogen-bond acceptors (Lipinski definition) is 7. The van der Waals surface area contributed by atoms with Crippen LogP contribution in [0.3, 0.4) is 0 Å². The summed E-state index contributed by atoms with van der Waals surface area (Å²) in [6.45, 7) is 7.07. The zero-order chi connectivity index (χ0) is 23.8. The Balaban J connectivity index is 1.65. The summed E-state index contributed by atoms with van der Waals surface area (Å²) in [6, 6.07) is 14.9. The number of carbonyl (C=O) groups is 1. The zero-order valence-corrected chi connectivity index (χ0v) is 20.2. The lowest BCUT2D eigenvalue weighted by molar-refractivity contribution is 0.0524. The number of sulfone groups is 1. The molecule has 0 saturated carbocycles. The van der Waals surface area contributed by atoms with E-state index in [1.165, 1.54) is 0 Å². The van der Waals surface area contributed by atoms with Gasteiger partial charge in [0.25, 0.3) is 0 Å². The Labute approximate surface area is 196 Å². The summed E-state index contributed by atoms with van der Waals surface area (Å²) in [7, 11) is -3.04. The molecule has 2 aromatic rings. The summed E-state index contributed by atoms with van der Waals surface area (Å²) in [4.78, 5) is 15.1. The Morgan fingerprint density at radius 2 is 1.76 bits per heavy atom. The molecule has 1 N–H and O–H groups in total. The Bertz CT molecular complexity index is 988. The van der Waals surface area contributed by atoms with Crippen molar-refractivity contribution in [3.05, 3.63) is 59.7 Å². The molecule has 8 heteroatoms. The van der Waals surface area contributed by atoms with E-state index in [1.54, 1.807) is 24.3 Å². The monoisotopic (exact) mass is 474 g/mol. The topological polar surface area (TPSA) is 87.2 Å². The smallest absolute Gasteiger partial charge is 0.151 e. The number of rotatable bonds is 12. The molecule has 1 aliphatic heterocycles. The summed E-state index contributed by atoms with van der Waals surface area (Å²) >= 11 is 0. The predicted octanol–water partition coefficient (Wildman–Crippen LogP) is 2.77. The molecule has 1 fully saturated rings. The number of carbonyl (C=O) groups excluding carboxylic acids is 1. The highest BCUT2D eigenvalue weighted by atomic mass is 32.2. The van der Waals surface area contributed by atoms with Gasteiger partial charge < -0.3 is 14.7 Å². The van der Waals surface area contributed by atoms with E-state index in [1.807, 2.05) is 0 Å². The third-order valence-electron chi connectivity index (χ3n) is 6.08. The van der Waals surface area contributed by atoms with Crippen molar-refractivity contribution in [2.45, 2.75) is 39.0 Å². The largest absolute Gasteiger partial charge is 0.491 e. The number of nitrogens with zero attached hydrogens (tertiary/aromatic N) is 2. The van der Waals surface area contributed by atoms with Gasteiger partial charge in [-0.15, -0.1) is 0 Å². The number of anilines is 1. The molecule has 0 aromatic heterocycles. The molecule has 0 radical (unpaired) electrons. The van der Waals surface area contributed by atoms with Crippen LogP contribution in [0.1, 0.15) is 36.2 Å². The van der Waals surface area contributed by atoms with Gasteiger partial charge in [0, 0.05) is 43.5 Å². The molecule has 0 bridgehead atoms. The molecule has 2 aromatic carbocycles. The lowest BCUT2D eigenvalue weighted by Gasteiger charge is -2.30. The van der Waals surface area contributed by atoms with Crippen molar-refractivity contribution < 1.29 is 23.1 Å². The van der Waals surface area contributed by atoms with Crippen LogP contribution in [0, 0.1) is 0 Å². The molecule has 180 valence electrons. The van der Waals surface area contributed by atoms with Crippen LogP contribution >= 0.6 is 0 Å². The molecule has 1 saturated heterocycles. The first-order valence-corrected chi connectivity index (χ1v) is 13.3. The second kappa shape index (κ2) is 11.6. The number of aliphatic hydroxyl groups excluding tert-OH is 1. The van der Waals surface area contributed by atoms with Crippen LogP contribution in [-0.4, -0.2) is 74.6 Å². The number of aldehydes is 1. The lowest BCUT2D eigenvalue weighted by Crippen LogP contribution is -2.42. The molecular formula is C25H34N2O5S. The Morgan fingerprint density at radius 1 is 1.09 bits per heavy atom. The molecule has 1 heterocycles. The average molecular weight is 475 g/mol. The van der Waals surface area contributed by atoms with Crippen LogP contribution < -0.4 is 9.64 Å². The van der Waals surface area contributed by atoms with Crippen LogP contribution in [0.15, 0.2) is 48.5 Å². The SMILES string of the molecule is CCN(CC)c1ccc(CN(CC(O)COc2ccc(C=O)cc2)C2CCS(=O)(=O)C2)cc1. The van der Waals surface area contributed by atoms with E-state index in [9.17, 15) is 18.3 Å². The van der Waals surface area contributed by atoms with Gasteiger partial charge in [0.15, 0.2) is 9.84 Å². The minimum atomic E-state index is -3.04. The summed E-state index contributed by atoms with van der Waals surface area (Å²) < 4.78 is 29.8. The van der Waals surface area contributed by atoms with Crippen molar-refractivity contribution in [2.75, 3.05) is 42.6 Å². The molecule has 1 aliphatic rings. The molecule has 0 aliphatic carbocycles. The molecule has 3 rings (SSSR count). The van der Waals surface area contributed by atoms with E-state index in [2.05, 4.69) is 47.9 Å². The van der Waals surface area contributed by atoms with Crippen LogP contribution in [0.25, 0.3) is 0 Å². The third-order valence-corrected chi connectivity index (χ3v) is 7.83. The van der Waals surface area contributed by atoms with Gasteiger partial charge in [-0.1, -0.05) is 12.1 Å². The molecular weight excluding hydrogens is 440 g/mol. The lowest BCUT2D eigenvalue weighted by atomic mass is 10.1. The summed E-state index contributed by atoms with van der Waals surface area (Å²) in [5.74, 6) is 0.873. The van der Waals surface area contributed by atoms with Gasteiger partial charge in [-0.2, -0.15) is 0 Å². The summed E-state index contributed by atoms with van der Waals surface area (Å²) in [5, 5.41) is 10.7. The van der Waals surface area contributed by atoms with Gasteiger partial charge in [0.05, 0.1) is 11.5 Å². The molecule has 33 heavy (non-hydrogen) atoms. The molecule has 0 spiro atoms. The first kappa shape index (κ1) is 25.2. The normalized spacial score (nSPS) is 18.2. The molecule has 0 amide bonds. The van der Waals surface area contributed by atoms with E-state index in [0.717, 1.165) is 30.6 Å². The van der Waals surface area contributed by atoms with E-state index < -0.39 is 15.9 Å². The van der Waals surface area contributed by atoms with Crippen molar-refractivity contribution >= 4 is 21.8 Å². The van der Waals surface area contributed by atoms with Crippen LogP contribution in [0.2, 0.25) is 0 Å². The molecule has 2 atom stereocenters. The van der Waals surface area contributed by atoms with E-state index in [0.29, 0.717) is 30.8 Å². The van der Waals surface area contributed by atoms with Gasteiger partial charge in [0.1, 0.15) is 24.7 Å². The fraction of sp³-hybridized carbons (Fsp3) is 0.480. The fourth-order valence-electron chi connectivity index (χ4n) is 4.20. The van der Waals surface area contributed by atoms with Crippen molar-refractivity contribution in [1.82, 2.24) is 4.90 Å². The van der Waals surface area contributed by atoms with Gasteiger partial charge in [-0.05, 0) is 62.2 Å².